The minimum Gasteiger partial charge on any atom is -0.353 e. The Morgan fingerprint density at radius 3 is 2.50 bits per heavy atom. The summed E-state index contributed by atoms with van der Waals surface area (Å²) in [6.45, 7) is 4.70. The molecule has 148 valence electrons. The maximum absolute atomic E-state index is 12.8. The quantitative estimate of drug-likeness (QED) is 0.865. The first-order valence-electron chi connectivity index (χ1n) is 10.4. The number of aromatic nitrogens is 2. The molecule has 1 aromatic carbocycles. The standard InChI is InChI=1S/C22H29N5O/c28-21(19-8-4-13-27(17-19)22-23-11-5-12-24-22)25-20-9-14-26(15-10-20)16-18-6-2-1-3-7-18/h1-3,5-7,11-12,19-20H,4,8-10,13-17H2,(H,25,28)/t19-/m1/s1. The number of nitrogens with zero attached hydrogens (tertiary/aromatic N) is 4. The van der Waals surface area contributed by atoms with Crippen LogP contribution in [0.2, 0.25) is 0 Å². The molecular weight excluding hydrogens is 350 g/mol. The van der Waals surface area contributed by atoms with Gasteiger partial charge in [0.05, 0.1) is 5.92 Å². The first kappa shape index (κ1) is 18.9. The number of likely N-dealkylation sites (tertiary alicyclic amines) is 1. The molecule has 0 saturated carbocycles. The van der Waals surface area contributed by atoms with Crippen LogP contribution in [0.3, 0.4) is 0 Å². The van der Waals surface area contributed by atoms with Gasteiger partial charge in [0.15, 0.2) is 0 Å². The molecule has 0 spiro atoms. The number of nitrogens with one attached hydrogen (secondary N) is 1. The first-order chi connectivity index (χ1) is 13.8. The van der Waals surface area contributed by atoms with Gasteiger partial charge in [0.2, 0.25) is 11.9 Å². The summed E-state index contributed by atoms with van der Waals surface area (Å²) in [4.78, 5) is 26.1. The molecule has 6 heteroatoms. The van der Waals surface area contributed by atoms with Gasteiger partial charge >= 0.3 is 0 Å². The summed E-state index contributed by atoms with van der Waals surface area (Å²) in [5, 5.41) is 3.31. The van der Waals surface area contributed by atoms with Crippen LogP contribution < -0.4 is 10.2 Å². The van der Waals surface area contributed by atoms with Gasteiger partial charge in [0, 0.05) is 51.2 Å². The van der Waals surface area contributed by atoms with Crippen molar-refractivity contribution < 1.29 is 4.79 Å². The minimum atomic E-state index is 0.0277. The lowest BCUT2D eigenvalue weighted by molar-refractivity contribution is -0.126. The molecule has 1 amide bonds. The highest BCUT2D eigenvalue weighted by atomic mass is 16.2. The van der Waals surface area contributed by atoms with E-state index in [4.69, 9.17) is 0 Å². The zero-order valence-corrected chi connectivity index (χ0v) is 16.3. The fourth-order valence-corrected chi connectivity index (χ4v) is 4.22. The second-order valence-electron chi connectivity index (χ2n) is 7.88. The molecule has 1 atom stereocenters. The number of piperidine rings is 2. The number of hydrogen-bond acceptors (Lipinski definition) is 5. The van der Waals surface area contributed by atoms with E-state index in [1.54, 1.807) is 12.4 Å². The molecule has 3 heterocycles. The number of hydrogen-bond donors (Lipinski definition) is 1. The van der Waals surface area contributed by atoms with Crippen LogP contribution in [-0.2, 0) is 11.3 Å². The second-order valence-corrected chi connectivity index (χ2v) is 7.88. The van der Waals surface area contributed by atoms with Gasteiger partial charge in [-0.05, 0) is 37.3 Å². The summed E-state index contributed by atoms with van der Waals surface area (Å²) in [5.41, 5.74) is 1.36. The lowest BCUT2D eigenvalue weighted by Crippen LogP contribution is -2.49. The van der Waals surface area contributed by atoms with E-state index in [2.05, 4.69) is 55.4 Å². The van der Waals surface area contributed by atoms with Gasteiger partial charge < -0.3 is 10.2 Å². The van der Waals surface area contributed by atoms with Crippen molar-refractivity contribution in [1.29, 1.82) is 0 Å². The van der Waals surface area contributed by atoms with Crippen LogP contribution in [0.1, 0.15) is 31.2 Å². The van der Waals surface area contributed by atoms with Crippen molar-refractivity contribution in [3.63, 3.8) is 0 Å². The van der Waals surface area contributed by atoms with Gasteiger partial charge in [0.25, 0.3) is 0 Å². The summed E-state index contributed by atoms with van der Waals surface area (Å²) in [7, 11) is 0. The summed E-state index contributed by atoms with van der Waals surface area (Å²) in [6.07, 6.45) is 7.52. The number of amides is 1. The molecule has 4 rings (SSSR count). The summed E-state index contributed by atoms with van der Waals surface area (Å²) < 4.78 is 0. The molecule has 2 aliphatic rings. The Morgan fingerprint density at radius 1 is 1.00 bits per heavy atom. The highest BCUT2D eigenvalue weighted by Crippen LogP contribution is 2.21. The van der Waals surface area contributed by atoms with Gasteiger partial charge in [-0.25, -0.2) is 9.97 Å². The van der Waals surface area contributed by atoms with E-state index in [9.17, 15) is 4.79 Å². The fraction of sp³-hybridized carbons (Fsp3) is 0.500. The van der Waals surface area contributed by atoms with E-state index in [0.29, 0.717) is 12.6 Å². The number of carbonyl (C=O) groups is 1. The molecule has 0 unspecified atom stereocenters. The predicted octanol–water partition coefficient (Wildman–Crippen LogP) is 2.47. The van der Waals surface area contributed by atoms with Crippen LogP contribution in [-0.4, -0.2) is 53.0 Å². The zero-order chi connectivity index (χ0) is 19.2. The maximum Gasteiger partial charge on any atom is 0.225 e. The molecule has 2 saturated heterocycles. The summed E-state index contributed by atoms with van der Waals surface area (Å²) in [6, 6.07) is 12.7. The third-order valence-corrected chi connectivity index (χ3v) is 5.81. The van der Waals surface area contributed by atoms with E-state index >= 15 is 0 Å². The van der Waals surface area contributed by atoms with Crippen LogP contribution in [0.5, 0.6) is 0 Å². The average Bonchev–Trinajstić information content (AvgIpc) is 2.76. The molecule has 2 fully saturated rings. The van der Waals surface area contributed by atoms with Gasteiger partial charge in [-0.3, -0.25) is 9.69 Å². The topological polar surface area (TPSA) is 61.4 Å². The van der Waals surface area contributed by atoms with Gasteiger partial charge in [-0.15, -0.1) is 0 Å². The van der Waals surface area contributed by atoms with Gasteiger partial charge in [0.1, 0.15) is 0 Å². The van der Waals surface area contributed by atoms with E-state index in [1.807, 2.05) is 6.07 Å². The Hall–Kier alpha value is -2.47. The Bertz CT molecular complexity index is 746. The molecule has 2 aromatic rings. The van der Waals surface area contributed by atoms with Crippen LogP contribution in [0.25, 0.3) is 0 Å². The number of rotatable bonds is 5. The number of benzene rings is 1. The molecule has 1 aromatic heterocycles. The Labute approximate surface area is 167 Å². The highest BCUT2D eigenvalue weighted by molar-refractivity contribution is 5.79. The second kappa shape index (κ2) is 9.15. The van der Waals surface area contributed by atoms with Gasteiger partial charge in [-0.1, -0.05) is 30.3 Å². The van der Waals surface area contributed by atoms with Crippen molar-refractivity contribution in [2.45, 2.75) is 38.3 Å². The third kappa shape index (κ3) is 4.87. The zero-order valence-electron chi connectivity index (χ0n) is 16.3. The van der Waals surface area contributed by atoms with Crippen LogP contribution in [0.4, 0.5) is 5.95 Å². The van der Waals surface area contributed by atoms with Crippen LogP contribution in [0.15, 0.2) is 48.8 Å². The largest absolute Gasteiger partial charge is 0.353 e. The van der Waals surface area contributed by atoms with E-state index in [0.717, 1.165) is 57.8 Å². The predicted molar refractivity (Wildman–Crippen MR) is 110 cm³/mol. The Kier molecular flexibility index (Phi) is 6.17. The van der Waals surface area contributed by atoms with E-state index in [1.165, 1.54) is 5.56 Å². The van der Waals surface area contributed by atoms with Crippen molar-refractivity contribution in [1.82, 2.24) is 20.2 Å². The van der Waals surface area contributed by atoms with Crippen molar-refractivity contribution in [3.8, 4) is 0 Å². The lowest BCUT2D eigenvalue weighted by atomic mass is 9.96. The smallest absolute Gasteiger partial charge is 0.225 e. The molecular formula is C22H29N5O. The first-order valence-corrected chi connectivity index (χ1v) is 10.4. The molecule has 28 heavy (non-hydrogen) atoms. The Morgan fingerprint density at radius 2 is 1.75 bits per heavy atom. The number of anilines is 1. The maximum atomic E-state index is 12.8. The SMILES string of the molecule is O=C(NC1CCN(Cc2ccccc2)CC1)[C@@H]1CCCN(c2ncccn2)C1. The molecule has 0 aliphatic carbocycles. The van der Waals surface area contributed by atoms with Crippen LogP contribution >= 0.6 is 0 Å². The van der Waals surface area contributed by atoms with E-state index in [-0.39, 0.29) is 11.8 Å². The van der Waals surface area contributed by atoms with Crippen molar-refractivity contribution >= 4 is 11.9 Å². The molecule has 0 bridgehead atoms. The normalized spacial score (nSPS) is 21.4. The molecule has 0 radical (unpaired) electrons. The van der Waals surface area contributed by atoms with Crippen molar-refractivity contribution in [3.05, 3.63) is 54.4 Å². The van der Waals surface area contributed by atoms with Crippen molar-refractivity contribution in [2.24, 2.45) is 5.92 Å². The van der Waals surface area contributed by atoms with Crippen molar-refractivity contribution in [2.75, 3.05) is 31.1 Å². The van der Waals surface area contributed by atoms with Crippen LogP contribution in [0, 0.1) is 5.92 Å². The number of carbonyl (C=O) groups excluding carboxylic acids is 1. The summed E-state index contributed by atoms with van der Waals surface area (Å²) in [5.74, 6) is 0.955. The highest BCUT2D eigenvalue weighted by Gasteiger charge is 2.29. The minimum absolute atomic E-state index is 0.0277. The summed E-state index contributed by atoms with van der Waals surface area (Å²) >= 11 is 0. The third-order valence-electron chi connectivity index (χ3n) is 5.81. The molecule has 2 aliphatic heterocycles. The lowest BCUT2D eigenvalue weighted by Gasteiger charge is -2.35. The monoisotopic (exact) mass is 379 g/mol. The van der Waals surface area contributed by atoms with E-state index < -0.39 is 0 Å². The average molecular weight is 380 g/mol. The molecule has 1 N–H and O–H groups in total. The molecule has 6 nitrogen and oxygen atoms in total. The Balaban J connectivity index is 1.24. The fourth-order valence-electron chi connectivity index (χ4n) is 4.22. The van der Waals surface area contributed by atoms with Gasteiger partial charge in [-0.2, -0.15) is 0 Å².